The number of imide groups is 1. The summed E-state index contributed by atoms with van der Waals surface area (Å²) in [4.78, 5) is 28.2. The fourth-order valence-corrected chi connectivity index (χ4v) is 2.71. The number of hydrogen-bond acceptors (Lipinski definition) is 4. The average Bonchev–Trinajstić information content (AvgIpc) is 2.80. The number of hydrazine groups is 1. The quantitative estimate of drug-likeness (QED) is 0.828. The van der Waals surface area contributed by atoms with Crippen molar-refractivity contribution in [2.24, 2.45) is 0 Å². The van der Waals surface area contributed by atoms with Gasteiger partial charge in [0.25, 0.3) is 11.8 Å². The first-order valence-electron chi connectivity index (χ1n) is 8.12. The molecule has 1 aromatic carbocycles. The molecule has 0 saturated carbocycles. The third-order valence-corrected chi connectivity index (χ3v) is 4.33. The maximum Gasteiger partial charge on any atom is 0.418 e. The Hall–Kier alpha value is -3.16. The van der Waals surface area contributed by atoms with E-state index < -0.39 is 23.6 Å². The van der Waals surface area contributed by atoms with Crippen LogP contribution in [0.5, 0.6) is 0 Å². The lowest BCUT2D eigenvalue weighted by molar-refractivity contribution is -0.139. The first kappa shape index (κ1) is 18.6. The van der Waals surface area contributed by atoms with E-state index in [-0.39, 0.29) is 29.1 Å². The van der Waals surface area contributed by atoms with Crippen molar-refractivity contribution in [1.29, 1.82) is 0 Å². The van der Waals surface area contributed by atoms with Crippen LogP contribution >= 0.6 is 0 Å². The van der Waals surface area contributed by atoms with Crippen molar-refractivity contribution in [1.82, 2.24) is 9.99 Å². The van der Waals surface area contributed by atoms with Gasteiger partial charge in [-0.15, -0.1) is 0 Å². The Kier molecular flexibility index (Phi) is 4.73. The number of hydrogen-bond donors (Lipinski definition) is 1. The molecule has 1 aliphatic heterocycles. The highest BCUT2D eigenvalue weighted by atomic mass is 19.4. The van der Waals surface area contributed by atoms with Crippen LogP contribution in [0.2, 0.25) is 0 Å². The number of rotatable bonds is 4. The number of benzene rings is 1. The summed E-state index contributed by atoms with van der Waals surface area (Å²) in [5, 5.41) is 0.757. The minimum absolute atomic E-state index is 0.0156. The van der Waals surface area contributed by atoms with Crippen LogP contribution < -0.4 is 5.43 Å². The molecule has 0 spiro atoms. The molecule has 5 nitrogen and oxygen atoms in total. The van der Waals surface area contributed by atoms with E-state index in [1.54, 1.807) is 30.3 Å². The molecule has 140 valence electrons. The Morgan fingerprint density at radius 3 is 2.11 bits per heavy atom. The molecule has 8 heteroatoms. The van der Waals surface area contributed by atoms with Crippen LogP contribution in [-0.4, -0.2) is 21.8 Å². The lowest BCUT2D eigenvalue weighted by Crippen LogP contribution is -2.37. The smallest absolute Gasteiger partial charge is 0.271 e. The third kappa shape index (κ3) is 3.69. The van der Waals surface area contributed by atoms with Gasteiger partial charge in [0.05, 0.1) is 11.3 Å². The molecule has 0 atom stereocenters. The summed E-state index contributed by atoms with van der Waals surface area (Å²) in [5.74, 6) is -1.12. The van der Waals surface area contributed by atoms with Crippen LogP contribution in [0.3, 0.4) is 0 Å². The van der Waals surface area contributed by atoms with Gasteiger partial charge in [-0.25, -0.2) is 4.98 Å². The molecule has 0 bridgehead atoms. The van der Waals surface area contributed by atoms with Crippen molar-refractivity contribution in [3.8, 4) is 0 Å². The van der Waals surface area contributed by atoms with Gasteiger partial charge in [0, 0.05) is 17.6 Å². The molecule has 3 rings (SSSR count). The average molecular weight is 375 g/mol. The van der Waals surface area contributed by atoms with Gasteiger partial charge in [0.15, 0.2) is 0 Å². The number of carbonyl (C=O) groups excluding carboxylic acids is 2. The summed E-state index contributed by atoms with van der Waals surface area (Å²) in [6.07, 6.45) is -4.60. The highest BCUT2D eigenvalue weighted by Gasteiger charge is 2.36. The van der Waals surface area contributed by atoms with Crippen LogP contribution in [0.4, 0.5) is 19.0 Å². The zero-order valence-electron chi connectivity index (χ0n) is 14.6. The van der Waals surface area contributed by atoms with E-state index in [4.69, 9.17) is 0 Å². The number of aromatic nitrogens is 1. The highest BCUT2D eigenvalue weighted by Crippen LogP contribution is 2.33. The first-order valence-corrected chi connectivity index (χ1v) is 8.12. The topological polar surface area (TPSA) is 62.3 Å². The normalized spacial score (nSPS) is 14.9. The number of anilines is 1. The van der Waals surface area contributed by atoms with E-state index in [2.05, 4.69) is 10.4 Å². The Bertz CT molecular complexity index is 913. The van der Waals surface area contributed by atoms with Gasteiger partial charge in [-0.2, -0.15) is 18.2 Å². The summed E-state index contributed by atoms with van der Waals surface area (Å²) in [6.45, 7) is 3.02. The van der Waals surface area contributed by atoms with E-state index in [0.29, 0.717) is 5.56 Å². The molecule has 2 heterocycles. The van der Waals surface area contributed by atoms with Gasteiger partial charge in [-0.05, 0) is 31.5 Å². The fourth-order valence-electron chi connectivity index (χ4n) is 2.71. The maximum absolute atomic E-state index is 13.3. The number of amides is 2. The van der Waals surface area contributed by atoms with Gasteiger partial charge in [-0.3, -0.25) is 15.0 Å². The molecule has 2 amide bonds. The van der Waals surface area contributed by atoms with E-state index in [1.165, 1.54) is 13.8 Å². The van der Waals surface area contributed by atoms with Crippen LogP contribution in [0.15, 0.2) is 53.6 Å². The van der Waals surface area contributed by atoms with Gasteiger partial charge < -0.3 is 0 Å². The number of pyridine rings is 1. The second-order valence-corrected chi connectivity index (χ2v) is 6.16. The molecular formula is C19H16F3N3O2. The molecule has 27 heavy (non-hydrogen) atoms. The van der Waals surface area contributed by atoms with Gasteiger partial charge >= 0.3 is 6.18 Å². The summed E-state index contributed by atoms with van der Waals surface area (Å²) >= 11 is 0. The van der Waals surface area contributed by atoms with Crippen LogP contribution in [-0.2, 0) is 22.2 Å². The highest BCUT2D eigenvalue weighted by molar-refractivity contribution is 6.19. The SMILES string of the molecule is CC1=C(C)C(=O)N(Nc2ccc(C(F)(F)F)c(Cc3ccccc3)n2)C1=O. The lowest BCUT2D eigenvalue weighted by atomic mass is 10.0. The van der Waals surface area contributed by atoms with Crippen molar-refractivity contribution in [2.45, 2.75) is 26.4 Å². The van der Waals surface area contributed by atoms with E-state index in [9.17, 15) is 22.8 Å². The van der Waals surface area contributed by atoms with Crippen molar-refractivity contribution >= 4 is 17.6 Å². The van der Waals surface area contributed by atoms with Gasteiger partial charge in [0.1, 0.15) is 5.82 Å². The molecular weight excluding hydrogens is 359 g/mol. The Morgan fingerprint density at radius 2 is 1.56 bits per heavy atom. The largest absolute Gasteiger partial charge is 0.418 e. The summed E-state index contributed by atoms with van der Waals surface area (Å²) < 4.78 is 40.0. The Morgan fingerprint density at radius 1 is 0.963 bits per heavy atom. The van der Waals surface area contributed by atoms with Crippen molar-refractivity contribution in [2.75, 3.05) is 5.43 Å². The maximum atomic E-state index is 13.3. The van der Waals surface area contributed by atoms with Gasteiger partial charge in [-0.1, -0.05) is 30.3 Å². The molecule has 0 unspecified atom stereocenters. The molecule has 0 aliphatic carbocycles. The number of nitrogens with zero attached hydrogens (tertiary/aromatic N) is 2. The molecule has 0 saturated heterocycles. The Labute approximate surface area is 153 Å². The van der Waals surface area contributed by atoms with Crippen molar-refractivity contribution in [3.63, 3.8) is 0 Å². The second kappa shape index (κ2) is 6.86. The zero-order chi connectivity index (χ0) is 19.8. The monoisotopic (exact) mass is 375 g/mol. The standard InChI is InChI=1S/C19H16F3N3O2/c1-11-12(2)18(27)25(17(11)26)24-16-9-8-14(19(20,21)22)15(23-16)10-13-6-4-3-5-7-13/h3-9H,10H2,1-2H3,(H,23,24). The third-order valence-electron chi connectivity index (χ3n) is 4.33. The molecule has 1 aromatic heterocycles. The zero-order valence-corrected chi connectivity index (χ0v) is 14.6. The number of carbonyl (C=O) groups is 2. The van der Waals surface area contributed by atoms with E-state index in [0.717, 1.165) is 17.1 Å². The molecule has 2 aromatic rings. The minimum atomic E-state index is -4.57. The molecule has 1 N–H and O–H groups in total. The van der Waals surface area contributed by atoms with Crippen LogP contribution in [0, 0.1) is 0 Å². The number of halogens is 3. The Balaban J connectivity index is 1.93. The molecule has 0 radical (unpaired) electrons. The predicted molar refractivity (Wildman–Crippen MR) is 92.3 cm³/mol. The van der Waals surface area contributed by atoms with Crippen molar-refractivity contribution in [3.05, 3.63) is 70.4 Å². The number of alkyl halides is 3. The lowest BCUT2D eigenvalue weighted by Gasteiger charge is -2.19. The van der Waals surface area contributed by atoms with Crippen LogP contribution in [0.1, 0.15) is 30.7 Å². The molecule has 1 aliphatic rings. The fraction of sp³-hybridized carbons (Fsp3) is 0.211. The minimum Gasteiger partial charge on any atom is -0.271 e. The summed E-state index contributed by atoms with van der Waals surface area (Å²) in [5.41, 5.74) is 2.69. The van der Waals surface area contributed by atoms with E-state index in [1.807, 2.05) is 0 Å². The molecule has 0 fully saturated rings. The predicted octanol–water partition coefficient (Wildman–Crippen LogP) is 3.72. The van der Waals surface area contributed by atoms with Crippen LogP contribution in [0.25, 0.3) is 0 Å². The first-order chi connectivity index (χ1) is 12.7. The van der Waals surface area contributed by atoms with Crippen molar-refractivity contribution < 1.29 is 22.8 Å². The second-order valence-electron chi connectivity index (χ2n) is 6.16. The summed E-state index contributed by atoms with van der Waals surface area (Å²) in [7, 11) is 0. The van der Waals surface area contributed by atoms with E-state index >= 15 is 0 Å². The summed E-state index contributed by atoms with van der Waals surface area (Å²) in [6, 6.07) is 10.6. The van der Waals surface area contributed by atoms with Gasteiger partial charge in [0.2, 0.25) is 0 Å². The number of nitrogens with one attached hydrogen (secondary N) is 1.